The minimum atomic E-state index is -5.08. The van der Waals surface area contributed by atoms with Crippen LogP contribution in [-0.4, -0.2) is 27.3 Å². The van der Waals surface area contributed by atoms with Crippen LogP contribution in [0.5, 0.6) is 5.75 Å². The van der Waals surface area contributed by atoms with Gasteiger partial charge in [0, 0.05) is 11.6 Å². The highest BCUT2D eigenvalue weighted by atomic mass is 19.4. The van der Waals surface area contributed by atoms with Crippen molar-refractivity contribution in [2.24, 2.45) is 11.7 Å². The molecule has 7 nitrogen and oxygen atoms in total. The van der Waals surface area contributed by atoms with Crippen molar-refractivity contribution in [3.63, 3.8) is 0 Å². The van der Waals surface area contributed by atoms with Crippen molar-refractivity contribution in [1.29, 1.82) is 5.26 Å². The molecule has 2 aromatic rings. The van der Waals surface area contributed by atoms with E-state index in [-0.39, 0.29) is 23.5 Å². The molecule has 2 rings (SSSR count). The largest absolute Gasteiger partial charge is 0.507 e. The summed E-state index contributed by atoms with van der Waals surface area (Å²) in [6, 6.07) is 10.3. The number of phenols is 1. The quantitative estimate of drug-likeness (QED) is 0.623. The number of anilines is 1. The van der Waals surface area contributed by atoms with Crippen molar-refractivity contribution in [1.82, 2.24) is 4.98 Å². The molecule has 28 heavy (non-hydrogen) atoms. The fourth-order valence-electron chi connectivity index (χ4n) is 2.16. The summed E-state index contributed by atoms with van der Waals surface area (Å²) < 4.78 is 31.7. The summed E-state index contributed by atoms with van der Waals surface area (Å²) in [7, 11) is 0. The van der Waals surface area contributed by atoms with E-state index in [1.165, 1.54) is 0 Å². The summed E-state index contributed by atoms with van der Waals surface area (Å²) in [6.45, 7) is 3.95. The first-order valence-corrected chi connectivity index (χ1v) is 7.94. The first-order valence-electron chi connectivity index (χ1n) is 7.94. The van der Waals surface area contributed by atoms with Gasteiger partial charge in [-0.05, 0) is 29.7 Å². The molecule has 150 valence electrons. The molecule has 0 amide bonds. The van der Waals surface area contributed by atoms with Crippen molar-refractivity contribution in [2.75, 3.05) is 5.73 Å². The van der Waals surface area contributed by atoms with Crippen LogP contribution in [0.1, 0.15) is 31.0 Å². The van der Waals surface area contributed by atoms with Gasteiger partial charge in [0.05, 0.1) is 11.3 Å². The third-order valence-corrected chi connectivity index (χ3v) is 3.69. The number of aromatic nitrogens is 1. The Bertz CT molecular complexity index is 893. The Hall–Kier alpha value is -3.32. The van der Waals surface area contributed by atoms with E-state index in [4.69, 9.17) is 21.4 Å². The fraction of sp³-hybridized carbons (Fsp3) is 0.278. The number of aromatic hydroxyl groups is 1. The van der Waals surface area contributed by atoms with Crippen LogP contribution in [0.15, 0.2) is 30.3 Å². The monoisotopic (exact) mass is 396 g/mol. The Balaban J connectivity index is 0.000000480. The fourth-order valence-corrected chi connectivity index (χ4v) is 2.16. The molecule has 1 aromatic heterocycles. The second kappa shape index (κ2) is 9.05. The highest BCUT2D eigenvalue weighted by Crippen LogP contribution is 2.33. The van der Waals surface area contributed by atoms with E-state index in [1.54, 1.807) is 30.3 Å². The summed E-state index contributed by atoms with van der Waals surface area (Å²) in [5.41, 5.74) is 14.1. The number of carboxylic acids is 1. The standard InChI is InChI=1S/C16H18N4O.C2HF3O2/c1-9(2)15(18)11-7-13(20-16(19)12(11)8-17)10-5-3-4-6-14(10)21;3-2(4,5)1(6)7/h3-7,9,15,21H,18H2,1-2H3,(H2,19,20);(H,6,7)/t15-;/m0./s1. The van der Waals surface area contributed by atoms with E-state index in [1.807, 2.05) is 13.8 Å². The van der Waals surface area contributed by atoms with Crippen LogP contribution in [0.3, 0.4) is 0 Å². The number of halogens is 3. The first kappa shape index (κ1) is 22.7. The van der Waals surface area contributed by atoms with E-state index in [0.29, 0.717) is 22.4 Å². The van der Waals surface area contributed by atoms with E-state index in [0.717, 1.165) is 0 Å². The van der Waals surface area contributed by atoms with Gasteiger partial charge in [-0.2, -0.15) is 18.4 Å². The van der Waals surface area contributed by atoms with Crippen LogP contribution in [0.2, 0.25) is 0 Å². The van der Waals surface area contributed by atoms with Crippen LogP contribution >= 0.6 is 0 Å². The third kappa shape index (κ3) is 5.59. The van der Waals surface area contributed by atoms with Gasteiger partial charge in [-0.25, -0.2) is 9.78 Å². The van der Waals surface area contributed by atoms with Crippen LogP contribution in [0.4, 0.5) is 19.0 Å². The minimum Gasteiger partial charge on any atom is -0.507 e. The van der Waals surface area contributed by atoms with Gasteiger partial charge < -0.3 is 21.7 Å². The van der Waals surface area contributed by atoms with Crippen LogP contribution in [0, 0.1) is 17.2 Å². The zero-order chi connectivity index (χ0) is 21.6. The van der Waals surface area contributed by atoms with Crippen molar-refractivity contribution in [2.45, 2.75) is 26.1 Å². The number of nitriles is 1. The minimum absolute atomic E-state index is 0.109. The average molecular weight is 396 g/mol. The number of nitrogens with two attached hydrogens (primary N) is 2. The molecule has 10 heteroatoms. The van der Waals surface area contributed by atoms with Gasteiger partial charge in [0.1, 0.15) is 17.6 Å². The number of nitrogens with zero attached hydrogens (tertiary/aromatic N) is 2. The molecule has 0 spiro atoms. The number of nitrogen functional groups attached to an aromatic ring is 1. The van der Waals surface area contributed by atoms with Gasteiger partial charge >= 0.3 is 12.1 Å². The summed E-state index contributed by atoms with van der Waals surface area (Å²) in [6.07, 6.45) is -5.08. The highest BCUT2D eigenvalue weighted by molar-refractivity contribution is 5.73. The molecule has 0 radical (unpaired) electrons. The van der Waals surface area contributed by atoms with E-state index in [9.17, 15) is 23.5 Å². The molecule has 0 aliphatic heterocycles. The second-order valence-electron chi connectivity index (χ2n) is 6.06. The van der Waals surface area contributed by atoms with E-state index >= 15 is 0 Å². The Morgan fingerprint density at radius 3 is 2.25 bits per heavy atom. The Morgan fingerprint density at radius 2 is 1.82 bits per heavy atom. The highest BCUT2D eigenvalue weighted by Gasteiger charge is 2.38. The van der Waals surface area contributed by atoms with Crippen molar-refractivity contribution < 1.29 is 28.2 Å². The molecule has 1 aromatic carbocycles. The predicted octanol–water partition coefficient (Wildman–Crippen LogP) is 3.20. The zero-order valence-electron chi connectivity index (χ0n) is 15.0. The molecule has 0 aliphatic rings. The number of para-hydroxylation sites is 1. The van der Waals surface area contributed by atoms with Gasteiger partial charge in [0.25, 0.3) is 0 Å². The summed E-state index contributed by atoms with van der Waals surface area (Å²) in [5.74, 6) is -2.37. The maximum Gasteiger partial charge on any atom is 0.490 e. The van der Waals surface area contributed by atoms with E-state index in [2.05, 4.69) is 11.1 Å². The Kier molecular flexibility index (Phi) is 7.35. The number of carbonyl (C=O) groups is 1. The molecule has 0 saturated carbocycles. The number of aliphatic carboxylic acids is 1. The SMILES string of the molecule is CC(C)[C@H](N)c1cc(-c2ccccc2O)nc(N)c1C#N.O=C(O)C(F)(F)F. The Labute approximate surface area is 159 Å². The lowest BCUT2D eigenvalue weighted by Crippen LogP contribution is -2.21. The molecule has 0 fully saturated rings. The average Bonchev–Trinajstić information content (AvgIpc) is 2.60. The van der Waals surface area contributed by atoms with Crippen molar-refractivity contribution in [3.8, 4) is 23.1 Å². The molecular weight excluding hydrogens is 377 g/mol. The number of phenolic OH excluding ortho intramolecular Hbond substituents is 1. The lowest BCUT2D eigenvalue weighted by atomic mass is 9.92. The second-order valence-corrected chi connectivity index (χ2v) is 6.06. The lowest BCUT2D eigenvalue weighted by molar-refractivity contribution is -0.192. The predicted molar refractivity (Wildman–Crippen MR) is 95.9 cm³/mol. The number of rotatable bonds is 3. The number of pyridine rings is 1. The number of hydrogen-bond donors (Lipinski definition) is 4. The molecule has 0 unspecified atom stereocenters. The normalized spacial score (nSPS) is 11.9. The smallest absolute Gasteiger partial charge is 0.490 e. The number of alkyl halides is 3. The van der Waals surface area contributed by atoms with Crippen molar-refractivity contribution >= 4 is 11.8 Å². The zero-order valence-corrected chi connectivity index (χ0v) is 15.0. The van der Waals surface area contributed by atoms with Gasteiger partial charge in [-0.1, -0.05) is 26.0 Å². The molecule has 6 N–H and O–H groups in total. The molecule has 1 atom stereocenters. The summed E-state index contributed by atoms with van der Waals surface area (Å²) >= 11 is 0. The number of benzene rings is 1. The van der Waals surface area contributed by atoms with Crippen LogP contribution in [-0.2, 0) is 4.79 Å². The molecular formula is C18H19F3N4O3. The number of carboxylic acid groups (broad SMARTS) is 1. The molecule has 0 bridgehead atoms. The van der Waals surface area contributed by atoms with Gasteiger partial charge in [0.2, 0.25) is 0 Å². The maximum absolute atomic E-state index is 10.6. The molecule has 0 aliphatic carbocycles. The van der Waals surface area contributed by atoms with Crippen molar-refractivity contribution in [3.05, 3.63) is 41.5 Å². The number of hydrogen-bond acceptors (Lipinski definition) is 6. The summed E-state index contributed by atoms with van der Waals surface area (Å²) in [5, 5.41) is 26.3. The van der Waals surface area contributed by atoms with Crippen LogP contribution in [0.25, 0.3) is 11.3 Å². The summed E-state index contributed by atoms with van der Waals surface area (Å²) in [4.78, 5) is 13.1. The molecule has 0 saturated heterocycles. The Morgan fingerprint density at radius 1 is 1.29 bits per heavy atom. The maximum atomic E-state index is 10.6. The third-order valence-electron chi connectivity index (χ3n) is 3.69. The van der Waals surface area contributed by atoms with Crippen LogP contribution < -0.4 is 11.5 Å². The first-order chi connectivity index (χ1) is 12.9. The van der Waals surface area contributed by atoms with E-state index < -0.39 is 12.1 Å². The van der Waals surface area contributed by atoms with Gasteiger partial charge in [-0.3, -0.25) is 0 Å². The van der Waals surface area contributed by atoms with Gasteiger partial charge in [-0.15, -0.1) is 0 Å². The lowest BCUT2D eigenvalue weighted by Gasteiger charge is -2.19. The topological polar surface area (TPSA) is 146 Å². The van der Waals surface area contributed by atoms with Gasteiger partial charge in [0.15, 0.2) is 0 Å². The molecule has 1 heterocycles.